The second kappa shape index (κ2) is 4.91. The molecule has 2 rings (SSSR count). The maximum atomic E-state index is 12.3. The first-order valence-electron chi connectivity index (χ1n) is 4.91. The number of halogens is 1. The molecule has 2 aromatic rings. The van der Waals surface area contributed by atoms with Crippen molar-refractivity contribution in [3.8, 4) is 5.75 Å². The molecular formula is C11H9ClN2O3S. The Hall–Kier alpha value is -1.66. The number of hydrogen-bond acceptors (Lipinski definition) is 5. The molecule has 1 aromatic heterocycles. The van der Waals surface area contributed by atoms with Crippen molar-refractivity contribution in [2.75, 3.05) is 7.11 Å². The van der Waals surface area contributed by atoms with E-state index in [9.17, 15) is 8.42 Å². The molecule has 0 atom stereocenters. The van der Waals surface area contributed by atoms with Crippen LogP contribution in [0, 0.1) is 0 Å². The maximum Gasteiger partial charge on any atom is 0.227 e. The third-order valence-electron chi connectivity index (χ3n) is 2.24. The molecule has 0 bridgehead atoms. The van der Waals surface area contributed by atoms with Crippen molar-refractivity contribution in [2.45, 2.75) is 9.92 Å². The standard InChI is InChI=1S/C11H9ClN2O3S/c1-17-8-4-2-3-5-9(8)18(15,16)11-6-10(12)13-7-14-11/h2-7H,1H3. The van der Waals surface area contributed by atoms with Crippen LogP contribution in [-0.4, -0.2) is 25.5 Å². The summed E-state index contributed by atoms with van der Waals surface area (Å²) in [6.07, 6.45) is 1.10. The number of aromatic nitrogens is 2. The molecule has 0 aliphatic carbocycles. The zero-order valence-electron chi connectivity index (χ0n) is 9.37. The summed E-state index contributed by atoms with van der Waals surface area (Å²) in [5, 5.41) is -0.0922. The lowest BCUT2D eigenvalue weighted by atomic mass is 10.3. The molecule has 1 aromatic carbocycles. The molecule has 0 saturated carbocycles. The second-order valence-electron chi connectivity index (χ2n) is 3.33. The highest BCUT2D eigenvalue weighted by Gasteiger charge is 2.23. The molecule has 0 radical (unpaired) electrons. The zero-order valence-corrected chi connectivity index (χ0v) is 10.9. The molecular weight excluding hydrogens is 276 g/mol. The van der Waals surface area contributed by atoms with Crippen molar-refractivity contribution in [3.63, 3.8) is 0 Å². The summed E-state index contributed by atoms with van der Waals surface area (Å²) in [4.78, 5) is 7.42. The Balaban J connectivity index is 2.62. The van der Waals surface area contributed by atoms with E-state index in [0.29, 0.717) is 0 Å². The summed E-state index contributed by atoms with van der Waals surface area (Å²) in [6.45, 7) is 0. The SMILES string of the molecule is COc1ccccc1S(=O)(=O)c1cc(Cl)ncn1. The van der Waals surface area contributed by atoms with Crippen LogP contribution in [0.5, 0.6) is 5.75 Å². The van der Waals surface area contributed by atoms with Crippen LogP contribution in [0.25, 0.3) is 0 Å². The van der Waals surface area contributed by atoms with E-state index in [4.69, 9.17) is 16.3 Å². The number of benzene rings is 1. The number of methoxy groups -OCH3 is 1. The Morgan fingerprint density at radius 1 is 1.22 bits per heavy atom. The van der Waals surface area contributed by atoms with Crippen molar-refractivity contribution in [1.82, 2.24) is 9.97 Å². The largest absolute Gasteiger partial charge is 0.495 e. The molecule has 18 heavy (non-hydrogen) atoms. The number of ether oxygens (including phenoxy) is 1. The lowest BCUT2D eigenvalue weighted by molar-refractivity contribution is 0.402. The molecule has 0 aliphatic rings. The number of rotatable bonds is 3. The predicted molar refractivity (Wildman–Crippen MR) is 65.5 cm³/mol. The van der Waals surface area contributed by atoms with Crippen molar-refractivity contribution < 1.29 is 13.2 Å². The van der Waals surface area contributed by atoms with Gasteiger partial charge in [0.2, 0.25) is 9.84 Å². The van der Waals surface area contributed by atoms with Gasteiger partial charge >= 0.3 is 0 Å². The van der Waals surface area contributed by atoms with Gasteiger partial charge in [0.05, 0.1) is 7.11 Å². The van der Waals surface area contributed by atoms with Gasteiger partial charge in [0.15, 0.2) is 5.03 Å². The van der Waals surface area contributed by atoms with E-state index < -0.39 is 9.84 Å². The van der Waals surface area contributed by atoms with Gasteiger partial charge in [0, 0.05) is 6.07 Å². The van der Waals surface area contributed by atoms with E-state index >= 15 is 0 Å². The molecule has 94 valence electrons. The van der Waals surface area contributed by atoms with E-state index in [0.717, 1.165) is 6.33 Å². The molecule has 1 heterocycles. The van der Waals surface area contributed by atoms with Gasteiger partial charge in [-0.1, -0.05) is 23.7 Å². The van der Waals surface area contributed by atoms with Gasteiger partial charge < -0.3 is 4.74 Å². The average Bonchev–Trinajstić information content (AvgIpc) is 2.38. The molecule has 7 heteroatoms. The van der Waals surface area contributed by atoms with Gasteiger partial charge in [-0.3, -0.25) is 0 Å². The summed E-state index contributed by atoms with van der Waals surface area (Å²) < 4.78 is 29.7. The fourth-order valence-electron chi connectivity index (χ4n) is 1.42. The average molecular weight is 285 g/mol. The molecule has 0 saturated heterocycles. The first-order chi connectivity index (χ1) is 8.55. The van der Waals surface area contributed by atoms with Crippen LogP contribution in [0.1, 0.15) is 0 Å². The van der Waals surface area contributed by atoms with E-state index in [1.165, 1.54) is 19.2 Å². The fourth-order valence-corrected chi connectivity index (χ4v) is 2.98. The first-order valence-corrected chi connectivity index (χ1v) is 6.77. The van der Waals surface area contributed by atoms with Crippen LogP contribution in [0.2, 0.25) is 5.15 Å². The highest BCUT2D eigenvalue weighted by Crippen LogP contribution is 2.28. The van der Waals surface area contributed by atoms with Crippen molar-refractivity contribution in [2.24, 2.45) is 0 Å². The Morgan fingerprint density at radius 3 is 2.61 bits per heavy atom. The zero-order chi connectivity index (χ0) is 13.2. The third kappa shape index (κ3) is 2.30. The molecule has 5 nitrogen and oxygen atoms in total. The Bertz CT molecular complexity index is 673. The van der Waals surface area contributed by atoms with Crippen LogP contribution >= 0.6 is 11.6 Å². The highest BCUT2D eigenvalue weighted by molar-refractivity contribution is 7.91. The van der Waals surface area contributed by atoms with E-state index in [2.05, 4.69) is 9.97 Å². The van der Waals surface area contributed by atoms with Crippen LogP contribution in [-0.2, 0) is 9.84 Å². The smallest absolute Gasteiger partial charge is 0.227 e. The predicted octanol–water partition coefficient (Wildman–Crippen LogP) is 1.97. The monoisotopic (exact) mass is 284 g/mol. The minimum absolute atomic E-state index is 0.0438. The first kappa shape index (κ1) is 12.8. The number of hydrogen-bond donors (Lipinski definition) is 0. The van der Waals surface area contributed by atoms with Crippen molar-refractivity contribution >= 4 is 21.4 Å². The highest BCUT2D eigenvalue weighted by atomic mass is 35.5. The Kier molecular flexibility index (Phi) is 3.49. The van der Waals surface area contributed by atoms with Gasteiger partial charge in [0.25, 0.3) is 0 Å². The Labute approximate surface area is 109 Å². The molecule has 0 N–H and O–H groups in total. The lowest BCUT2D eigenvalue weighted by Crippen LogP contribution is -2.06. The quantitative estimate of drug-likeness (QED) is 0.806. The van der Waals surface area contributed by atoms with E-state index in [1.54, 1.807) is 18.2 Å². The van der Waals surface area contributed by atoms with Crippen molar-refractivity contribution in [3.05, 3.63) is 41.8 Å². The molecule has 0 fully saturated rings. The number of para-hydroxylation sites is 1. The molecule has 0 unspecified atom stereocenters. The van der Waals surface area contributed by atoms with Crippen LogP contribution in [0.4, 0.5) is 0 Å². The van der Waals surface area contributed by atoms with Gasteiger partial charge in [-0.2, -0.15) is 0 Å². The second-order valence-corrected chi connectivity index (χ2v) is 5.59. The van der Waals surface area contributed by atoms with Gasteiger partial charge in [-0.15, -0.1) is 0 Å². The van der Waals surface area contributed by atoms with E-state index in [-0.39, 0.29) is 20.8 Å². The molecule has 0 amide bonds. The summed E-state index contributed by atoms with van der Waals surface area (Å²) in [6, 6.07) is 7.51. The topological polar surface area (TPSA) is 69.2 Å². The minimum atomic E-state index is -3.76. The van der Waals surface area contributed by atoms with Crippen LogP contribution in [0.15, 0.2) is 46.6 Å². The molecule has 0 aliphatic heterocycles. The number of sulfone groups is 1. The molecule has 0 spiro atoms. The van der Waals surface area contributed by atoms with Gasteiger partial charge in [-0.05, 0) is 12.1 Å². The van der Waals surface area contributed by atoms with Gasteiger partial charge in [0.1, 0.15) is 22.1 Å². The normalized spacial score (nSPS) is 11.2. The maximum absolute atomic E-state index is 12.3. The van der Waals surface area contributed by atoms with Crippen molar-refractivity contribution in [1.29, 1.82) is 0 Å². The number of nitrogens with zero attached hydrogens (tertiary/aromatic N) is 2. The lowest BCUT2D eigenvalue weighted by Gasteiger charge is -2.08. The van der Waals surface area contributed by atoms with E-state index in [1.807, 2.05) is 0 Å². The van der Waals surface area contributed by atoms with Crippen LogP contribution < -0.4 is 4.74 Å². The van der Waals surface area contributed by atoms with Gasteiger partial charge in [-0.25, -0.2) is 18.4 Å². The third-order valence-corrected chi connectivity index (χ3v) is 4.14. The summed E-state index contributed by atoms with van der Waals surface area (Å²) in [5.74, 6) is 0.257. The van der Waals surface area contributed by atoms with Crippen LogP contribution in [0.3, 0.4) is 0 Å². The summed E-state index contributed by atoms with van der Waals surface area (Å²) in [7, 11) is -2.36. The Morgan fingerprint density at radius 2 is 1.94 bits per heavy atom. The minimum Gasteiger partial charge on any atom is -0.495 e. The summed E-state index contributed by atoms with van der Waals surface area (Å²) >= 11 is 5.67. The summed E-state index contributed by atoms with van der Waals surface area (Å²) in [5.41, 5.74) is 0. The fraction of sp³-hybridized carbons (Fsp3) is 0.0909.